The van der Waals surface area contributed by atoms with Gasteiger partial charge in [0, 0.05) is 12.1 Å². The number of nitrogens with zero attached hydrogens (tertiary/aromatic N) is 3. The van der Waals surface area contributed by atoms with E-state index in [9.17, 15) is 0 Å². The third-order valence-corrected chi connectivity index (χ3v) is 4.73. The standard InChI is InChI=1S/C18H41N3/c1-8-18(6)21(10-3)16-12-14-19(7)13-11-15-20(9-2)17(4)5/h17-18H,8-16H2,1-7H3. The molecule has 0 N–H and O–H groups in total. The second-order valence-corrected chi connectivity index (χ2v) is 6.62. The molecule has 0 saturated carbocycles. The molecule has 1 unspecified atom stereocenters. The van der Waals surface area contributed by atoms with Crippen LogP contribution in [0.2, 0.25) is 0 Å². The molecule has 0 aliphatic carbocycles. The van der Waals surface area contributed by atoms with Crippen LogP contribution in [0, 0.1) is 0 Å². The van der Waals surface area contributed by atoms with Gasteiger partial charge in [-0.05, 0) is 86.3 Å². The molecule has 1 atom stereocenters. The van der Waals surface area contributed by atoms with Gasteiger partial charge in [-0.3, -0.25) is 0 Å². The molecule has 0 aromatic carbocycles. The highest BCUT2D eigenvalue weighted by molar-refractivity contribution is 4.66. The van der Waals surface area contributed by atoms with E-state index in [1.165, 1.54) is 58.5 Å². The van der Waals surface area contributed by atoms with Crippen molar-refractivity contribution < 1.29 is 0 Å². The van der Waals surface area contributed by atoms with Crippen molar-refractivity contribution in [3.05, 3.63) is 0 Å². The molecule has 0 saturated heterocycles. The third kappa shape index (κ3) is 9.49. The number of hydrogen-bond donors (Lipinski definition) is 0. The Kier molecular flexibility index (Phi) is 12.4. The molecule has 21 heavy (non-hydrogen) atoms. The van der Waals surface area contributed by atoms with Gasteiger partial charge in [0.2, 0.25) is 0 Å². The van der Waals surface area contributed by atoms with E-state index in [1.807, 2.05) is 0 Å². The van der Waals surface area contributed by atoms with E-state index >= 15 is 0 Å². The van der Waals surface area contributed by atoms with Crippen molar-refractivity contribution in [3.63, 3.8) is 0 Å². The summed E-state index contributed by atoms with van der Waals surface area (Å²) in [6.07, 6.45) is 3.83. The molecule has 0 aliphatic rings. The molecule has 0 rings (SSSR count). The Bertz CT molecular complexity index is 231. The number of rotatable bonds is 13. The van der Waals surface area contributed by atoms with E-state index < -0.39 is 0 Å². The Morgan fingerprint density at radius 3 is 1.57 bits per heavy atom. The van der Waals surface area contributed by atoms with Gasteiger partial charge in [0.05, 0.1) is 0 Å². The maximum atomic E-state index is 2.60. The van der Waals surface area contributed by atoms with Crippen LogP contribution in [0.3, 0.4) is 0 Å². The van der Waals surface area contributed by atoms with E-state index in [4.69, 9.17) is 0 Å². The zero-order chi connectivity index (χ0) is 16.3. The van der Waals surface area contributed by atoms with Gasteiger partial charge in [0.1, 0.15) is 0 Å². The lowest BCUT2D eigenvalue weighted by Gasteiger charge is -2.28. The van der Waals surface area contributed by atoms with Gasteiger partial charge in [0.15, 0.2) is 0 Å². The second kappa shape index (κ2) is 12.4. The first-order valence-electron chi connectivity index (χ1n) is 9.12. The van der Waals surface area contributed by atoms with Gasteiger partial charge >= 0.3 is 0 Å². The predicted octanol–water partition coefficient (Wildman–Crippen LogP) is 3.55. The minimum absolute atomic E-state index is 0.675. The highest BCUT2D eigenvalue weighted by Gasteiger charge is 2.10. The molecule has 3 heteroatoms. The van der Waals surface area contributed by atoms with Crippen LogP contribution in [-0.4, -0.2) is 73.1 Å². The van der Waals surface area contributed by atoms with E-state index in [2.05, 4.69) is 63.3 Å². The fourth-order valence-electron chi connectivity index (χ4n) is 2.93. The highest BCUT2D eigenvalue weighted by Crippen LogP contribution is 2.05. The van der Waals surface area contributed by atoms with Gasteiger partial charge in [-0.15, -0.1) is 0 Å². The first-order valence-corrected chi connectivity index (χ1v) is 9.12. The molecule has 0 aromatic rings. The highest BCUT2D eigenvalue weighted by atomic mass is 15.2. The fraction of sp³-hybridized carbons (Fsp3) is 1.00. The van der Waals surface area contributed by atoms with Crippen LogP contribution < -0.4 is 0 Å². The molecule has 0 bridgehead atoms. The molecular weight excluding hydrogens is 258 g/mol. The smallest absolute Gasteiger partial charge is 0.00641 e. The maximum absolute atomic E-state index is 2.60. The van der Waals surface area contributed by atoms with E-state index in [1.54, 1.807) is 0 Å². The Morgan fingerprint density at radius 1 is 0.714 bits per heavy atom. The Labute approximate surface area is 134 Å². The molecule has 0 fully saturated rings. The quantitative estimate of drug-likeness (QED) is 0.515. The van der Waals surface area contributed by atoms with E-state index in [-0.39, 0.29) is 0 Å². The average Bonchev–Trinajstić information content (AvgIpc) is 2.47. The van der Waals surface area contributed by atoms with Crippen LogP contribution >= 0.6 is 0 Å². The second-order valence-electron chi connectivity index (χ2n) is 6.62. The summed E-state index contributed by atoms with van der Waals surface area (Å²) in [5.41, 5.74) is 0. The largest absolute Gasteiger partial charge is 0.306 e. The van der Waals surface area contributed by atoms with Crippen molar-refractivity contribution in [1.82, 2.24) is 14.7 Å². The maximum Gasteiger partial charge on any atom is 0.00641 e. The van der Waals surface area contributed by atoms with Crippen molar-refractivity contribution in [2.24, 2.45) is 0 Å². The zero-order valence-corrected chi connectivity index (χ0v) is 15.9. The van der Waals surface area contributed by atoms with Crippen molar-refractivity contribution in [2.45, 2.75) is 72.9 Å². The van der Waals surface area contributed by atoms with Crippen LogP contribution in [0.5, 0.6) is 0 Å². The third-order valence-electron chi connectivity index (χ3n) is 4.73. The van der Waals surface area contributed by atoms with Crippen LogP contribution in [-0.2, 0) is 0 Å². The molecule has 0 heterocycles. The van der Waals surface area contributed by atoms with Gasteiger partial charge < -0.3 is 14.7 Å². The Hall–Kier alpha value is -0.120. The van der Waals surface area contributed by atoms with Gasteiger partial charge in [-0.2, -0.15) is 0 Å². The number of hydrogen-bond acceptors (Lipinski definition) is 3. The monoisotopic (exact) mass is 299 g/mol. The summed E-state index contributed by atoms with van der Waals surface area (Å²) in [4.78, 5) is 7.65. The average molecular weight is 300 g/mol. The Morgan fingerprint density at radius 2 is 1.19 bits per heavy atom. The SMILES string of the molecule is CCC(C)N(CC)CCCN(C)CCCN(CC)C(C)C. The van der Waals surface area contributed by atoms with Crippen LogP contribution in [0.1, 0.15) is 60.8 Å². The fourth-order valence-corrected chi connectivity index (χ4v) is 2.93. The lowest BCUT2D eigenvalue weighted by Crippen LogP contribution is -2.36. The van der Waals surface area contributed by atoms with E-state index in [0.717, 1.165) is 6.04 Å². The minimum Gasteiger partial charge on any atom is -0.306 e. The lowest BCUT2D eigenvalue weighted by molar-refractivity contribution is 0.191. The molecule has 3 nitrogen and oxygen atoms in total. The molecule has 0 spiro atoms. The molecule has 0 aromatic heterocycles. The first kappa shape index (κ1) is 20.9. The zero-order valence-electron chi connectivity index (χ0n) is 15.9. The summed E-state index contributed by atoms with van der Waals surface area (Å²) in [6, 6.07) is 1.40. The Balaban J connectivity index is 3.77. The normalized spacial score (nSPS) is 13.9. The van der Waals surface area contributed by atoms with Crippen molar-refractivity contribution >= 4 is 0 Å². The summed E-state index contributed by atoms with van der Waals surface area (Å²) in [5.74, 6) is 0. The summed E-state index contributed by atoms with van der Waals surface area (Å²) < 4.78 is 0. The van der Waals surface area contributed by atoms with Crippen molar-refractivity contribution in [1.29, 1.82) is 0 Å². The summed E-state index contributed by atoms with van der Waals surface area (Å²) in [5, 5.41) is 0. The molecule has 128 valence electrons. The minimum atomic E-state index is 0.675. The summed E-state index contributed by atoms with van der Waals surface area (Å²) in [7, 11) is 2.27. The van der Waals surface area contributed by atoms with Crippen molar-refractivity contribution in [2.75, 3.05) is 46.3 Å². The topological polar surface area (TPSA) is 9.72 Å². The van der Waals surface area contributed by atoms with Crippen LogP contribution in [0.15, 0.2) is 0 Å². The van der Waals surface area contributed by atoms with Gasteiger partial charge in [-0.25, -0.2) is 0 Å². The molecule has 0 amide bonds. The van der Waals surface area contributed by atoms with E-state index in [0.29, 0.717) is 6.04 Å². The molecule has 0 radical (unpaired) electrons. The first-order chi connectivity index (χ1) is 9.96. The van der Waals surface area contributed by atoms with Gasteiger partial charge in [-0.1, -0.05) is 20.8 Å². The van der Waals surface area contributed by atoms with Crippen LogP contribution in [0.25, 0.3) is 0 Å². The van der Waals surface area contributed by atoms with Crippen molar-refractivity contribution in [3.8, 4) is 0 Å². The molecule has 0 aliphatic heterocycles. The summed E-state index contributed by atoms with van der Waals surface area (Å²) >= 11 is 0. The lowest BCUT2D eigenvalue weighted by atomic mass is 10.2. The van der Waals surface area contributed by atoms with Crippen LogP contribution in [0.4, 0.5) is 0 Å². The molecular formula is C18H41N3. The summed E-state index contributed by atoms with van der Waals surface area (Å²) in [6.45, 7) is 21.0. The predicted molar refractivity (Wildman–Crippen MR) is 96.1 cm³/mol. The van der Waals surface area contributed by atoms with Gasteiger partial charge in [0.25, 0.3) is 0 Å².